The van der Waals surface area contributed by atoms with E-state index in [1.54, 1.807) is 0 Å². The van der Waals surface area contributed by atoms with Crippen LogP contribution in [0, 0.1) is 6.92 Å². The van der Waals surface area contributed by atoms with E-state index in [0.29, 0.717) is 0 Å². The van der Waals surface area contributed by atoms with Crippen molar-refractivity contribution in [3.05, 3.63) is 180 Å². The molecule has 11 rings (SSSR count). The summed E-state index contributed by atoms with van der Waals surface area (Å²) in [4.78, 5) is 7.58. The molecule has 0 aliphatic carbocycles. The van der Waals surface area contributed by atoms with E-state index in [2.05, 4.69) is 214 Å². The summed E-state index contributed by atoms with van der Waals surface area (Å²) in [6, 6.07) is 59.1. The van der Waals surface area contributed by atoms with Crippen molar-refractivity contribution in [2.75, 3.05) is 14.7 Å². The lowest BCUT2D eigenvalue weighted by Crippen LogP contribution is -2.60. The Morgan fingerprint density at radius 2 is 1.21 bits per heavy atom. The average Bonchev–Trinajstić information content (AvgIpc) is 3.57. The summed E-state index contributed by atoms with van der Waals surface area (Å²) in [5.41, 5.74) is 18.8. The molecule has 0 atom stereocenters. The molecule has 0 spiro atoms. The topological polar surface area (TPSA) is 9.72 Å². The van der Waals surface area contributed by atoms with Crippen LogP contribution < -0.4 is 30.4 Å². The van der Waals surface area contributed by atoms with Crippen molar-refractivity contribution in [2.45, 2.75) is 52.4 Å². The molecule has 7 aromatic carbocycles. The van der Waals surface area contributed by atoms with Gasteiger partial charge in [-0.1, -0.05) is 120 Å². The maximum atomic E-state index is 2.64. The van der Waals surface area contributed by atoms with Crippen molar-refractivity contribution in [1.29, 1.82) is 0 Å². The fraction of sp³-hybridized carbons (Fsp3) is 0.154. The lowest BCUT2D eigenvalue weighted by atomic mass is 9.36. The lowest BCUT2D eigenvalue weighted by Gasteiger charge is -2.44. The van der Waals surface area contributed by atoms with Gasteiger partial charge in [0.05, 0.1) is 11.4 Å². The van der Waals surface area contributed by atoms with Gasteiger partial charge in [-0.3, -0.25) is 0 Å². The fourth-order valence-corrected chi connectivity index (χ4v) is 11.2. The molecule has 276 valence electrons. The second-order valence-electron chi connectivity index (χ2n) is 17.5. The van der Waals surface area contributed by atoms with Crippen LogP contribution in [0.4, 0.5) is 51.2 Å². The van der Waals surface area contributed by atoms with Crippen molar-refractivity contribution in [3.8, 4) is 0 Å². The van der Waals surface area contributed by atoms with E-state index >= 15 is 0 Å². The predicted molar refractivity (Wildman–Crippen MR) is 246 cm³/mol. The van der Waals surface area contributed by atoms with Crippen molar-refractivity contribution in [1.82, 2.24) is 0 Å². The highest BCUT2D eigenvalue weighted by molar-refractivity contribution is 7.33. The van der Waals surface area contributed by atoms with Gasteiger partial charge in [-0.2, -0.15) is 0 Å². The molecule has 5 heteroatoms. The summed E-state index contributed by atoms with van der Waals surface area (Å²) in [7, 11) is 0. The molecular weight excluding hydrogens is 709 g/mol. The minimum absolute atomic E-state index is 0.0509. The van der Waals surface area contributed by atoms with Crippen LogP contribution in [0.2, 0.25) is 0 Å². The number of benzene rings is 7. The minimum Gasteiger partial charge on any atom is -0.311 e. The second-order valence-corrected chi connectivity index (χ2v) is 18.6. The molecule has 0 bridgehead atoms. The zero-order chi connectivity index (χ0) is 38.8. The second kappa shape index (κ2) is 12.2. The fourth-order valence-electron chi connectivity index (χ4n) is 9.88. The number of aryl methyl sites for hydroxylation is 1. The Morgan fingerprint density at radius 3 is 1.89 bits per heavy atom. The Morgan fingerprint density at radius 1 is 0.579 bits per heavy atom. The van der Waals surface area contributed by atoms with Crippen LogP contribution in [0.1, 0.15) is 56.9 Å². The first kappa shape index (κ1) is 34.2. The molecule has 3 nitrogen and oxygen atoms in total. The highest BCUT2D eigenvalue weighted by Crippen LogP contribution is 2.55. The molecule has 4 heterocycles. The highest BCUT2D eigenvalue weighted by Gasteiger charge is 2.48. The van der Waals surface area contributed by atoms with E-state index in [1.165, 1.54) is 82.2 Å². The number of nitrogens with zero attached hydrogens (tertiary/aromatic N) is 3. The molecule has 0 saturated carbocycles. The number of rotatable bonds is 4. The van der Waals surface area contributed by atoms with E-state index in [0.717, 1.165) is 17.1 Å². The molecule has 0 radical (unpaired) electrons. The van der Waals surface area contributed by atoms with Gasteiger partial charge in [0.15, 0.2) is 0 Å². The van der Waals surface area contributed by atoms with Crippen molar-refractivity contribution in [2.24, 2.45) is 0 Å². The molecule has 0 fully saturated rings. The van der Waals surface area contributed by atoms with Gasteiger partial charge in [-0.05, 0) is 118 Å². The number of fused-ring (bicyclic) bond motifs is 6. The third-order valence-electron chi connectivity index (χ3n) is 12.6. The molecule has 3 aliphatic rings. The van der Waals surface area contributed by atoms with Gasteiger partial charge in [0.25, 0.3) is 6.71 Å². The average molecular weight is 754 g/mol. The first-order valence-corrected chi connectivity index (χ1v) is 21.0. The first-order chi connectivity index (χ1) is 27.6. The Kier molecular flexibility index (Phi) is 7.35. The zero-order valence-electron chi connectivity index (χ0n) is 33.3. The van der Waals surface area contributed by atoms with E-state index in [-0.39, 0.29) is 17.5 Å². The summed E-state index contributed by atoms with van der Waals surface area (Å²) in [5.74, 6) is 0. The van der Waals surface area contributed by atoms with Gasteiger partial charge in [-0.25, -0.2) is 0 Å². The van der Waals surface area contributed by atoms with Gasteiger partial charge >= 0.3 is 0 Å². The summed E-state index contributed by atoms with van der Waals surface area (Å²) in [6.45, 7) is 14.0. The largest absolute Gasteiger partial charge is 0.311 e. The smallest absolute Gasteiger partial charge is 0.264 e. The Hall–Kier alpha value is -6.04. The van der Waals surface area contributed by atoms with E-state index in [9.17, 15) is 0 Å². The quantitative estimate of drug-likeness (QED) is 0.166. The maximum absolute atomic E-state index is 2.64. The molecule has 0 unspecified atom stereocenters. The zero-order valence-corrected chi connectivity index (χ0v) is 34.2. The van der Waals surface area contributed by atoms with Crippen LogP contribution in [0.15, 0.2) is 158 Å². The Bertz CT molecular complexity index is 2850. The SMILES string of the molecule is Cc1cc2c3c(c1)N1c4ccccc4C(C)(C)c4cccc5sc(c1c45)B3c1ccc(N(c3ccccc3)c3ccccc3)cc1N2c1ccc(C(C)(C)C)cc1. The number of para-hydroxylation sites is 3. The van der Waals surface area contributed by atoms with Gasteiger partial charge in [-0.15, -0.1) is 11.3 Å². The molecule has 0 N–H and O–H groups in total. The van der Waals surface area contributed by atoms with Gasteiger partial charge in [0.2, 0.25) is 0 Å². The van der Waals surface area contributed by atoms with Gasteiger partial charge in [0, 0.05) is 60.1 Å². The van der Waals surface area contributed by atoms with Crippen LogP contribution in [0.25, 0.3) is 10.1 Å². The third kappa shape index (κ3) is 4.98. The minimum atomic E-state index is -0.184. The number of hydrogen-bond acceptors (Lipinski definition) is 4. The van der Waals surface area contributed by atoms with Crippen LogP contribution >= 0.6 is 11.3 Å². The molecular formula is C52H44BN3S. The van der Waals surface area contributed by atoms with Crippen LogP contribution in [0.3, 0.4) is 0 Å². The standard InChI is InChI=1S/C52H44BN3S/c1-33-30-44-48-45(31-33)56-42-22-14-13-20-39(42)52(5,6)40-21-15-23-46-47(40)49(56)50(57-46)53(48)41-29-28-38(54(35-16-9-7-10-17-35)36-18-11-8-12-19-36)32-43(41)55(44)37-26-24-34(25-27-37)51(2,3)4/h7-32H,1-6H3. The lowest BCUT2D eigenvalue weighted by molar-refractivity contribution is 0.590. The summed E-state index contributed by atoms with van der Waals surface area (Å²) in [6.07, 6.45) is 0. The molecule has 0 saturated heterocycles. The van der Waals surface area contributed by atoms with E-state index in [4.69, 9.17) is 0 Å². The molecule has 3 aliphatic heterocycles. The molecule has 0 amide bonds. The normalized spacial score (nSPS) is 14.5. The first-order valence-electron chi connectivity index (χ1n) is 20.1. The maximum Gasteiger partial charge on any atom is 0.264 e. The summed E-state index contributed by atoms with van der Waals surface area (Å²) < 4.78 is 2.77. The van der Waals surface area contributed by atoms with E-state index in [1.807, 2.05) is 11.3 Å². The molecule has 57 heavy (non-hydrogen) atoms. The van der Waals surface area contributed by atoms with Crippen LogP contribution in [0.5, 0.6) is 0 Å². The Labute approximate surface area is 340 Å². The van der Waals surface area contributed by atoms with E-state index < -0.39 is 0 Å². The number of thiophene rings is 1. The van der Waals surface area contributed by atoms with Crippen LogP contribution in [-0.4, -0.2) is 6.71 Å². The number of anilines is 9. The summed E-state index contributed by atoms with van der Waals surface area (Å²) >= 11 is 1.98. The Balaban J connectivity index is 1.24. The van der Waals surface area contributed by atoms with Crippen molar-refractivity contribution in [3.63, 3.8) is 0 Å². The van der Waals surface area contributed by atoms with Gasteiger partial charge < -0.3 is 14.7 Å². The van der Waals surface area contributed by atoms with Gasteiger partial charge in [0.1, 0.15) is 0 Å². The third-order valence-corrected chi connectivity index (χ3v) is 13.8. The predicted octanol–water partition coefficient (Wildman–Crippen LogP) is 12.7. The van der Waals surface area contributed by atoms with Crippen LogP contribution in [-0.2, 0) is 10.8 Å². The summed E-state index contributed by atoms with van der Waals surface area (Å²) in [5, 5.41) is 1.39. The monoisotopic (exact) mass is 753 g/mol. The van der Waals surface area contributed by atoms with Crippen molar-refractivity contribution < 1.29 is 0 Å². The van der Waals surface area contributed by atoms with Crippen molar-refractivity contribution >= 4 is 95.0 Å². The number of hydrogen-bond donors (Lipinski definition) is 0. The molecule has 1 aromatic heterocycles. The molecule has 8 aromatic rings. The highest BCUT2D eigenvalue weighted by atomic mass is 32.1.